The van der Waals surface area contributed by atoms with Crippen LogP contribution in [0.5, 0.6) is 5.75 Å². The average Bonchev–Trinajstić information content (AvgIpc) is 2.66. The first-order chi connectivity index (χ1) is 12.6. The number of methoxy groups -OCH3 is 1. The average molecular weight is 482 g/mol. The maximum Gasteiger partial charge on any atom is 0.246 e. The minimum absolute atomic E-state index is 0. The number of benzene rings is 2. The molecule has 6 nitrogen and oxygen atoms in total. The molecule has 1 amide bonds. The lowest BCUT2D eigenvalue weighted by Crippen LogP contribution is -2.39. The Labute approximate surface area is 178 Å². The standard InChI is InChI=1S/C20H26N4O2.HI/c1-4-21-20(22-14-19(25)23-17-8-6-5-7-9-17)24(2)15-16-10-12-18(26-3)13-11-16;/h5-13H,4,14-15H2,1-3H3,(H,21,22)(H,23,25);1H. The molecular weight excluding hydrogens is 455 g/mol. The summed E-state index contributed by atoms with van der Waals surface area (Å²) >= 11 is 0. The van der Waals surface area contributed by atoms with E-state index in [2.05, 4.69) is 15.6 Å². The van der Waals surface area contributed by atoms with Gasteiger partial charge in [0.15, 0.2) is 5.96 Å². The molecule has 0 aliphatic heterocycles. The van der Waals surface area contributed by atoms with Gasteiger partial charge in [-0.15, -0.1) is 24.0 Å². The number of para-hydroxylation sites is 1. The van der Waals surface area contributed by atoms with Gasteiger partial charge in [-0.2, -0.15) is 0 Å². The quantitative estimate of drug-likeness (QED) is 0.361. The third-order valence-electron chi connectivity index (χ3n) is 3.71. The van der Waals surface area contributed by atoms with E-state index in [1.54, 1.807) is 7.11 Å². The summed E-state index contributed by atoms with van der Waals surface area (Å²) in [4.78, 5) is 18.5. The number of nitrogens with one attached hydrogen (secondary N) is 2. The van der Waals surface area contributed by atoms with Crippen LogP contribution in [-0.4, -0.2) is 44.0 Å². The van der Waals surface area contributed by atoms with Gasteiger partial charge < -0.3 is 20.3 Å². The lowest BCUT2D eigenvalue weighted by Gasteiger charge is -2.22. The molecular formula is C20H27IN4O2. The monoisotopic (exact) mass is 482 g/mol. The normalized spacial score (nSPS) is 10.6. The summed E-state index contributed by atoms with van der Waals surface area (Å²) in [6.45, 7) is 3.47. The Morgan fingerprint density at radius 1 is 1.11 bits per heavy atom. The van der Waals surface area contributed by atoms with Gasteiger partial charge in [0.2, 0.25) is 5.91 Å². The van der Waals surface area contributed by atoms with Crippen molar-refractivity contribution in [2.24, 2.45) is 4.99 Å². The number of anilines is 1. The first-order valence-corrected chi connectivity index (χ1v) is 8.59. The van der Waals surface area contributed by atoms with E-state index in [4.69, 9.17) is 4.74 Å². The Kier molecular flexibility index (Phi) is 10.2. The summed E-state index contributed by atoms with van der Waals surface area (Å²) in [6.07, 6.45) is 0. The van der Waals surface area contributed by atoms with Crippen LogP contribution in [0.4, 0.5) is 5.69 Å². The molecule has 0 saturated carbocycles. The van der Waals surface area contributed by atoms with Crippen LogP contribution in [0, 0.1) is 0 Å². The number of carbonyl (C=O) groups is 1. The van der Waals surface area contributed by atoms with Crippen LogP contribution in [0.15, 0.2) is 59.6 Å². The smallest absolute Gasteiger partial charge is 0.246 e. The van der Waals surface area contributed by atoms with Crippen LogP contribution >= 0.6 is 24.0 Å². The minimum atomic E-state index is -0.149. The van der Waals surface area contributed by atoms with Crippen molar-refractivity contribution >= 4 is 41.5 Å². The fraction of sp³-hybridized carbons (Fsp3) is 0.300. The first kappa shape index (κ1) is 22.8. The zero-order chi connectivity index (χ0) is 18.8. The van der Waals surface area contributed by atoms with Gasteiger partial charge in [-0.1, -0.05) is 30.3 Å². The molecule has 0 spiro atoms. The molecule has 7 heteroatoms. The van der Waals surface area contributed by atoms with Gasteiger partial charge in [-0.05, 0) is 36.8 Å². The molecule has 0 bridgehead atoms. The highest BCUT2D eigenvalue weighted by Gasteiger charge is 2.08. The van der Waals surface area contributed by atoms with Gasteiger partial charge in [0.1, 0.15) is 12.3 Å². The molecule has 0 fully saturated rings. The highest BCUT2D eigenvalue weighted by molar-refractivity contribution is 14.0. The third kappa shape index (κ3) is 7.86. The Morgan fingerprint density at radius 3 is 2.37 bits per heavy atom. The number of hydrogen-bond donors (Lipinski definition) is 2. The number of rotatable bonds is 7. The fourth-order valence-electron chi connectivity index (χ4n) is 2.42. The van der Waals surface area contributed by atoms with E-state index in [0.29, 0.717) is 12.5 Å². The van der Waals surface area contributed by atoms with Gasteiger partial charge in [-0.25, -0.2) is 4.99 Å². The Bertz CT molecular complexity index is 721. The maximum absolute atomic E-state index is 12.1. The second kappa shape index (κ2) is 12.2. The minimum Gasteiger partial charge on any atom is -0.497 e. The van der Waals surface area contributed by atoms with Crippen LogP contribution in [0.3, 0.4) is 0 Å². The first-order valence-electron chi connectivity index (χ1n) is 8.59. The van der Waals surface area contributed by atoms with E-state index >= 15 is 0 Å². The number of aliphatic imine (C=N–C) groups is 1. The Hall–Kier alpha value is -2.29. The van der Waals surface area contributed by atoms with Crippen molar-refractivity contribution in [1.82, 2.24) is 10.2 Å². The zero-order valence-electron chi connectivity index (χ0n) is 15.9. The summed E-state index contributed by atoms with van der Waals surface area (Å²) in [5.41, 5.74) is 1.90. The van der Waals surface area contributed by atoms with Crippen molar-refractivity contribution < 1.29 is 9.53 Å². The van der Waals surface area contributed by atoms with Crippen molar-refractivity contribution in [3.05, 3.63) is 60.2 Å². The molecule has 0 unspecified atom stereocenters. The van der Waals surface area contributed by atoms with E-state index < -0.39 is 0 Å². The maximum atomic E-state index is 12.1. The summed E-state index contributed by atoms with van der Waals surface area (Å²) < 4.78 is 5.18. The highest BCUT2D eigenvalue weighted by atomic mass is 127. The number of amides is 1. The van der Waals surface area contributed by atoms with E-state index in [0.717, 1.165) is 23.5 Å². The van der Waals surface area contributed by atoms with Crippen molar-refractivity contribution in [2.75, 3.05) is 32.6 Å². The Balaban J connectivity index is 0.00000364. The molecule has 0 radical (unpaired) electrons. The van der Waals surface area contributed by atoms with Crippen LogP contribution in [0.1, 0.15) is 12.5 Å². The molecule has 0 aliphatic rings. The second-order valence-corrected chi connectivity index (χ2v) is 5.79. The number of carbonyl (C=O) groups excluding carboxylic acids is 1. The number of halogens is 1. The van der Waals surface area contributed by atoms with Crippen molar-refractivity contribution in [3.63, 3.8) is 0 Å². The molecule has 2 aromatic carbocycles. The second-order valence-electron chi connectivity index (χ2n) is 5.79. The molecule has 0 saturated heterocycles. The highest BCUT2D eigenvalue weighted by Crippen LogP contribution is 2.12. The summed E-state index contributed by atoms with van der Waals surface area (Å²) in [5, 5.41) is 6.05. The van der Waals surface area contributed by atoms with Gasteiger partial charge in [0, 0.05) is 25.8 Å². The molecule has 0 atom stereocenters. The molecule has 27 heavy (non-hydrogen) atoms. The van der Waals surface area contributed by atoms with E-state index in [1.165, 1.54) is 0 Å². The van der Waals surface area contributed by atoms with Crippen molar-refractivity contribution in [2.45, 2.75) is 13.5 Å². The lowest BCUT2D eigenvalue weighted by molar-refractivity contribution is -0.114. The number of nitrogens with zero attached hydrogens (tertiary/aromatic N) is 2. The molecule has 2 rings (SSSR count). The number of ether oxygens (including phenoxy) is 1. The molecule has 0 heterocycles. The van der Waals surface area contributed by atoms with Gasteiger partial charge in [0.05, 0.1) is 7.11 Å². The SMILES string of the molecule is CCNC(=NCC(=O)Nc1ccccc1)N(C)Cc1ccc(OC)cc1.I. The predicted molar refractivity (Wildman–Crippen MR) is 121 cm³/mol. The van der Waals surface area contributed by atoms with Crippen molar-refractivity contribution in [3.8, 4) is 5.75 Å². The molecule has 2 N–H and O–H groups in total. The van der Waals surface area contributed by atoms with Gasteiger partial charge in [-0.3, -0.25) is 4.79 Å². The number of guanidine groups is 1. The van der Waals surface area contributed by atoms with E-state index in [-0.39, 0.29) is 36.4 Å². The molecule has 0 aromatic heterocycles. The third-order valence-corrected chi connectivity index (χ3v) is 3.71. The van der Waals surface area contributed by atoms with E-state index in [1.807, 2.05) is 73.5 Å². The Morgan fingerprint density at radius 2 is 1.78 bits per heavy atom. The van der Waals surface area contributed by atoms with Crippen molar-refractivity contribution in [1.29, 1.82) is 0 Å². The van der Waals surface area contributed by atoms with Gasteiger partial charge >= 0.3 is 0 Å². The zero-order valence-corrected chi connectivity index (χ0v) is 18.3. The largest absolute Gasteiger partial charge is 0.497 e. The fourth-order valence-corrected chi connectivity index (χ4v) is 2.42. The summed E-state index contributed by atoms with van der Waals surface area (Å²) in [6, 6.07) is 17.3. The molecule has 2 aromatic rings. The van der Waals surface area contributed by atoms with E-state index in [9.17, 15) is 4.79 Å². The molecule has 146 valence electrons. The number of hydrogen-bond acceptors (Lipinski definition) is 3. The summed E-state index contributed by atoms with van der Waals surface area (Å²) in [7, 11) is 3.60. The molecule has 0 aliphatic carbocycles. The predicted octanol–water partition coefficient (Wildman–Crippen LogP) is 3.35. The van der Waals surface area contributed by atoms with Gasteiger partial charge in [0.25, 0.3) is 0 Å². The summed E-state index contributed by atoms with van der Waals surface area (Å²) in [5.74, 6) is 1.37. The topological polar surface area (TPSA) is 66.0 Å². The van der Waals surface area contributed by atoms with Crippen LogP contribution in [0.25, 0.3) is 0 Å². The van der Waals surface area contributed by atoms with Crippen LogP contribution < -0.4 is 15.4 Å². The van der Waals surface area contributed by atoms with Crippen LogP contribution in [0.2, 0.25) is 0 Å². The van der Waals surface area contributed by atoms with Crippen LogP contribution in [-0.2, 0) is 11.3 Å². The lowest BCUT2D eigenvalue weighted by atomic mass is 10.2.